The lowest BCUT2D eigenvalue weighted by molar-refractivity contribution is 0.0922. The summed E-state index contributed by atoms with van der Waals surface area (Å²) >= 11 is 0. The second kappa shape index (κ2) is 7.39. The van der Waals surface area contributed by atoms with Crippen molar-refractivity contribution in [2.24, 2.45) is 11.8 Å². The van der Waals surface area contributed by atoms with Gasteiger partial charge < -0.3 is 15.7 Å². The molecule has 5 atom stereocenters. The molecule has 3 N–H and O–H groups in total. The maximum Gasteiger partial charge on any atom is 0.271 e. The zero-order chi connectivity index (χ0) is 19.8. The molecule has 1 heterocycles. The number of nitrogens with zero attached hydrogens (tertiary/aromatic N) is 2. The minimum absolute atomic E-state index is 0.111. The van der Waals surface area contributed by atoms with E-state index in [2.05, 4.69) is 15.7 Å². The average Bonchev–Trinajstić information content (AvgIpc) is 3.06. The molecule has 7 heteroatoms. The molecule has 0 spiro atoms. The Labute approximate surface area is 164 Å². The van der Waals surface area contributed by atoms with Crippen molar-refractivity contribution >= 4 is 11.8 Å². The molecule has 1 aromatic heterocycles. The fourth-order valence-electron chi connectivity index (χ4n) is 4.52. The molecule has 0 saturated heterocycles. The molecule has 2 aliphatic carbocycles. The van der Waals surface area contributed by atoms with Crippen molar-refractivity contribution in [2.75, 3.05) is 7.05 Å². The molecule has 4 rings (SSSR count). The van der Waals surface area contributed by atoms with E-state index in [0.717, 1.165) is 24.8 Å². The first kappa shape index (κ1) is 18.7. The third-order valence-electron chi connectivity index (χ3n) is 6.01. The SMILES string of the molecule is CC[C@@H](c1ccccc1)n1nc(C(=O)NC)cc1C(=O)N[C@H]1[C@@H]2C[C@@H](O)C[C@@H]21. The minimum Gasteiger partial charge on any atom is -0.393 e. The van der Waals surface area contributed by atoms with Gasteiger partial charge in [-0.3, -0.25) is 14.3 Å². The summed E-state index contributed by atoms with van der Waals surface area (Å²) in [6, 6.07) is 11.4. The van der Waals surface area contributed by atoms with Gasteiger partial charge in [0.1, 0.15) is 5.69 Å². The van der Waals surface area contributed by atoms with E-state index in [1.54, 1.807) is 17.8 Å². The Morgan fingerprint density at radius 2 is 1.89 bits per heavy atom. The van der Waals surface area contributed by atoms with Gasteiger partial charge in [-0.25, -0.2) is 0 Å². The fourth-order valence-corrected chi connectivity index (χ4v) is 4.52. The lowest BCUT2D eigenvalue weighted by Crippen LogP contribution is -2.32. The van der Waals surface area contributed by atoms with E-state index in [-0.39, 0.29) is 35.7 Å². The molecule has 0 aliphatic heterocycles. The number of fused-ring (bicyclic) bond motifs is 1. The first-order valence-corrected chi connectivity index (χ1v) is 9.89. The van der Waals surface area contributed by atoms with Gasteiger partial charge in [0.25, 0.3) is 11.8 Å². The standard InChI is InChI=1S/C21H26N4O3/c1-3-17(12-7-5-4-6-8-12)25-18(11-16(24-25)20(27)22-2)21(28)23-19-14-9-13(26)10-15(14)19/h4-8,11,13-15,17,19,26H,3,9-10H2,1-2H3,(H,22,27)(H,23,28)/t13-,14-,15+,17-,19+/m0/s1. The quantitative estimate of drug-likeness (QED) is 0.709. The van der Waals surface area contributed by atoms with Crippen LogP contribution in [0.4, 0.5) is 0 Å². The Morgan fingerprint density at radius 3 is 2.50 bits per heavy atom. The largest absolute Gasteiger partial charge is 0.393 e. The summed E-state index contributed by atoms with van der Waals surface area (Å²) in [4.78, 5) is 25.2. The van der Waals surface area contributed by atoms with Gasteiger partial charge in [-0.2, -0.15) is 5.10 Å². The fraction of sp³-hybridized carbons (Fsp3) is 0.476. The van der Waals surface area contributed by atoms with Crippen LogP contribution in [0.1, 0.15) is 58.8 Å². The van der Waals surface area contributed by atoms with Gasteiger partial charge in [0.05, 0.1) is 12.1 Å². The van der Waals surface area contributed by atoms with Gasteiger partial charge in [-0.15, -0.1) is 0 Å². The molecule has 7 nitrogen and oxygen atoms in total. The molecule has 1 aromatic carbocycles. The van der Waals surface area contributed by atoms with Gasteiger partial charge in [0, 0.05) is 19.2 Å². The number of hydrogen-bond donors (Lipinski definition) is 3. The maximum atomic E-state index is 13.0. The van der Waals surface area contributed by atoms with Crippen LogP contribution >= 0.6 is 0 Å². The van der Waals surface area contributed by atoms with Crippen molar-refractivity contribution < 1.29 is 14.7 Å². The monoisotopic (exact) mass is 382 g/mol. The summed E-state index contributed by atoms with van der Waals surface area (Å²) in [6.45, 7) is 2.03. The lowest BCUT2D eigenvalue weighted by Gasteiger charge is -2.19. The van der Waals surface area contributed by atoms with Crippen molar-refractivity contribution in [3.8, 4) is 0 Å². The highest BCUT2D eigenvalue weighted by molar-refractivity contribution is 5.98. The summed E-state index contributed by atoms with van der Waals surface area (Å²) < 4.78 is 1.67. The Hall–Kier alpha value is -2.67. The van der Waals surface area contributed by atoms with Crippen LogP contribution < -0.4 is 10.6 Å². The molecule has 28 heavy (non-hydrogen) atoms. The smallest absolute Gasteiger partial charge is 0.271 e. The highest BCUT2D eigenvalue weighted by Crippen LogP contribution is 2.52. The first-order chi connectivity index (χ1) is 13.5. The van der Waals surface area contributed by atoms with Gasteiger partial charge >= 0.3 is 0 Å². The van der Waals surface area contributed by atoms with E-state index in [0.29, 0.717) is 17.5 Å². The molecular weight excluding hydrogens is 356 g/mol. The number of nitrogens with one attached hydrogen (secondary N) is 2. The van der Waals surface area contributed by atoms with Crippen LogP contribution in [-0.2, 0) is 0 Å². The van der Waals surface area contributed by atoms with E-state index in [4.69, 9.17) is 0 Å². The average molecular weight is 382 g/mol. The van der Waals surface area contributed by atoms with Crippen LogP contribution in [0.2, 0.25) is 0 Å². The number of benzene rings is 1. The predicted molar refractivity (Wildman–Crippen MR) is 104 cm³/mol. The van der Waals surface area contributed by atoms with Crippen molar-refractivity contribution in [3.63, 3.8) is 0 Å². The van der Waals surface area contributed by atoms with Crippen LogP contribution in [0.15, 0.2) is 36.4 Å². The molecule has 0 unspecified atom stereocenters. The van der Waals surface area contributed by atoms with Crippen LogP contribution in [0.25, 0.3) is 0 Å². The summed E-state index contributed by atoms with van der Waals surface area (Å²) in [5.41, 5.74) is 1.66. The zero-order valence-electron chi connectivity index (χ0n) is 16.1. The number of amides is 2. The summed E-state index contributed by atoms with van der Waals surface area (Å²) in [7, 11) is 1.55. The highest BCUT2D eigenvalue weighted by atomic mass is 16.3. The van der Waals surface area contributed by atoms with Gasteiger partial charge in [-0.05, 0) is 36.7 Å². The Kier molecular flexibility index (Phi) is 4.93. The molecule has 2 aromatic rings. The Morgan fingerprint density at radius 1 is 1.21 bits per heavy atom. The number of hydrogen-bond acceptors (Lipinski definition) is 4. The number of carbonyl (C=O) groups excluding carboxylic acids is 2. The van der Waals surface area contributed by atoms with E-state index in [1.807, 2.05) is 37.3 Å². The molecular formula is C21H26N4O3. The van der Waals surface area contributed by atoms with Crippen molar-refractivity contribution in [3.05, 3.63) is 53.3 Å². The Balaban J connectivity index is 1.62. The molecule has 2 saturated carbocycles. The molecule has 0 bridgehead atoms. The van der Waals surface area contributed by atoms with E-state index >= 15 is 0 Å². The zero-order valence-corrected chi connectivity index (χ0v) is 16.1. The minimum atomic E-state index is -0.317. The second-order valence-electron chi connectivity index (χ2n) is 7.73. The van der Waals surface area contributed by atoms with Crippen LogP contribution in [-0.4, -0.2) is 45.9 Å². The Bertz CT molecular complexity index is 867. The third kappa shape index (κ3) is 3.30. The van der Waals surface area contributed by atoms with Crippen LogP contribution in [0, 0.1) is 11.8 Å². The van der Waals surface area contributed by atoms with Crippen molar-refractivity contribution in [1.29, 1.82) is 0 Å². The normalized spacial score (nSPS) is 26.4. The predicted octanol–water partition coefficient (Wildman–Crippen LogP) is 1.74. The van der Waals surface area contributed by atoms with Crippen molar-refractivity contribution in [1.82, 2.24) is 20.4 Å². The topological polar surface area (TPSA) is 96.2 Å². The summed E-state index contributed by atoms with van der Waals surface area (Å²) in [5.74, 6) is 0.197. The molecule has 2 fully saturated rings. The molecule has 2 aliphatic rings. The van der Waals surface area contributed by atoms with Crippen LogP contribution in [0.5, 0.6) is 0 Å². The third-order valence-corrected chi connectivity index (χ3v) is 6.01. The second-order valence-corrected chi connectivity index (χ2v) is 7.73. The lowest BCUT2D eigenvalue weighted by atomic mass is 10.0. The van der Waals surface area contributed by atoms with Gasteiger partial charge in [0.2, 0.25) is 0 Å². The number of aliphatic hydroxyl groups excluding tert-OH is 1. The number of aliphatic hydroxyl groups is 1. The van der Waals surface area contributed by atoms with E-state index < -0.39 is 0 Å². The number of rotatable bonds is 6. The van der Waals surface area contributed by atoms with E-state index in [1.165, 1.54) is 0 Å². The highest BCUT2D eigenvalue weighted by Gasteiger charge is 2.56. The van der Waals surface area contributed by atoms with Gasteiger partial charge in [-0.1, -0.05) is 37.3 Å². The van der Waals surface area contributed by atoms with Crippen LogP contribution in [0.3, 0.4) is 0 Å². The van der Waals surface area contributed by atoms with E-state index in [9.17, 15) is 14.7 Å². The number of aromatic nitrogens is 2. The molecule has 148 valence electrons. The summed E-state index contributed by atoms with van der Waals surface area (Å²) in [6.07, 6.45) is 2.00. The molecule has 0 radical (unpaired) electrons. The number of carbonyl (C=O) groups is 2. The maximum absolute atomic E-state index is 13.0. The molecule has 2 amide bonds. The summed E-state index contributed by atoms with van der Waals surface area (Å²) in [5, 5.41) is 19.8. The first-order valence-electron chi connectivity index (χ1n) is 9.89. The van der Waals surface area contributed by atoms with Gasteiger partial charge in [0.15, 0.2) is 5.69 Å². The van der Waals surface area contributed by atoms with Crippen molar-refractivity contribution in [2.45, 2.75) is 44.4 Å².